The molecule has 0 aromatic heterocycles. The van der Waals surface area contributed by atoms with Crippen molar-refractivity contribution in [2.24, 2.45) is 5.92 Å². The van der Waals surface area contributed by atoms with E-state index in [0.29, 0.717) is 6.42 Å². The Morgan fingerprint density at radius 1 is 0.971 bits per heavy atom. The summed E-state index contributed by atoms with van der Waals surface area (Å²) in [5.74, 6) is -0.306. The summed E-state index contributed by atoms with van der Waals surface area (Å²) in [6.07, 6.45) is 2.23. The Bertz CT molecular complexity index is 1120. The zero-order valence-corrected chi connectivity index (χ0v) is 20.1. The molecule has 3 aromatic carbocycles. The number of rotatable bonds is 9. The SMILES string of the molecule is COC(=O)CC[C@H](C)C(=O)C1(Nc2ccccc2)CCN(Cc2cccc3ccccc23)CC1. The number of fused-ring (bicyclic) bond motifs is 1. The first kappa shape index (κ1) is 24.0. The largest absolute Gasteiger partial charge is 0.469 e. The van der Waals surface area contributed by atoms with E-state index < -0.39 is 5.54 Å². The van der Waals surface area contributed by atoms with E-state index in [9.17, 15) is 9.59 Å². The molecule has 1 aliphatic rings. The number of esters is 1. The molecule has 1 atom stereocenters. The number of nitrogens with zero attached hydrogens (tertiary/aromatic N) is 1. The second kappa shape index (κ2) is 10.8. The summed E-state index contributed by atoms with van der Waals surface area (Å²) < 4.78 is 4.78. The standard InChI is InChI=1S/C29H34N2O3/c1-22(15-16-27(32)34-2)28(33)29(30-25-12-4-3-5-13-25)17-19-31(20-18-29)21-24-11-8-10-23-9-6-7-14-26(23)24/h3-14,22,30H,15-21H2,1-2H3/t22-/m0/s1. The van der Waals surface area contributed by atoms with Gasteiger partial charge in [0.2, 0.25) is 0 Å². The van der Waals surface area contributed by atoms with E-state index in [1.54, 1.807) is 0 Å². The number of nitrogens with one attached hydrogen (secondary N) is 1. The first-order chi connectivity index (χ1) is 16.5. The van der Waals surface area contributed by atoms with Crippen molar-refractivity contribution in [1.82, 2.24) is 4.90 Å². The Hall–Kier alpha value is -3.18. The topological polar surface area (TPSA) is 58.6 Å². The molecule has 0 unspecified atom stereocenters. The van der Waals surface area contributed by atoms with Crippen molar-refractivity contribution >= 4 is 28.2 Å². The van der Waals surface area contributed by atoms with Crippen LogP contribution in [0.15, 0.2) is 72.8 Å². The second-order valence-corrected chi connectivity index (χ2v) is 9.37. The molecule has 4 rings (SSSR count). The summed E-state index contributed by atoms with van der Waals surface area (Å²) in [5, 5.41) is 6.14. The summed E-state index contributed by atoms with van der Waals surface area (Å²) in [5.41, 5.74) is 1.64. The summed E-state index contributed by atoms with van der Waals surface area (Å²) in [6.45, 7) is 4.47. The molecule has 1 heterocycles. The van der Waals surface area contributed by atoms with Gasteiger partial charge >= 0.3 is 5.97 Å². The molecule has 1 fully saturated rings. The number of benzene rings is 3. The Labute approximate surface area is 202 Å². The van der Waals surface area contributed by atoms with Crippen molar-refractivity contribution in [3.8, 4) is 0 Å². The van der Waals surface area contributed by atoms with Crippen LogP contribution in [0.5, 0.6) is 0 Å². The number of hydrogen-bond donors (Lipinski definition) is 1. The highest BCUT2D eigenvalue weighted by Gasteiger charge is 2.43. The van der Waals surface area contributed by atoms with E-state index in [1.807, 2.05) is 37.3 Å². The van der Waals surface area contributed by atoms with E-state index in [1.165, 1.54) is 23.4 Å². The minimum absolute atomic E-state index is 0.185. The molecular formula is C29H34N2O3. The fraction of sp³-hybridized carbons (Fsp3) is 0.379. The number of para-hydroxylation sites is 1. The van der Waals surface area contributed by atoms with Gasteiger partial charge in [-0.3, -0.25) is 14.5 Å². The Balaban J connectivity index is 1.49. The number of hydrogen-bond acceptors (Lipinski definition) is 5. The van der Waals surface area contributed by atoms with Gasteiger partial charge in [-0.1, -0.05) is 67.6 Å². The van der Waals surface area contributed by atoms with Gasteiger partial charge in [0.25, 0.3) is 0 Å². The van der Waals surface area contributed by atoms with Gasteiger partial charge in [0.15, 0.2) is 5.78 Å². The van der Waals surface area contributed by atoms with Gasteiger partial charge < -0.3 is 10.1 Å². The second-order valence-electron chi connectivity index (χ2n) is 9.37. The minimum atomic E-state index is -0.633. The molecule has 3 aromatic rings. The third kappa shape index (κ3) is 5.48. The third-order valence-electron chi connectivity index (χ3n) is 7.07. The molecule has 5 nitrogen and oxygen atoms in total. The lowest BCUT2D eigenvalue weighted by Gasteiger charge is -2.43. The van der Waals surface area contributed by atoms with E-state index in [0.717, 1.165) is 38.2 Å². The number of piperidine rings is 1. The molecular weight excluding hydrogens is 424 g/mol. The quantitative estimate of drug-likeness (QED) is 0.433. The van der Waals surface area contributed by atoms with Gasteiger partial charge in [0, 0.05) is 37.7 Å². The van der Waals surface area contributed by atoms with Gasteiger partial charge in [-0.2, -0.15) is 0 Å². The number of ether oxygens (including phenoxy) is 1. The van der Waals surface area contributed by atoms with Crippen LogP contribution in [0, 0.1) is 5.92 Å². The maximum Gasteiger partial charge on any atom is 0.305 e. The number of anilines is 1. The fourth-order valence-corrected chi connectivity index (χ4v) is 5.03. The summed E-state index contributed by atoms with van der Waals surface area (Å²) in [7, 11) is 1.39. The lowest BCUT2D eigenvalue weighted by molar-refractivity contribution is -0.141. The molecule has 0 radical (unpaired) electrons. The van der Waals surface area contributed by atoms with E-state index in [4.69, 9.17) is 4.74 Å². The highest BCUT2D eigenvalue weighted by Crippen LogP contribution is 2.33. The Morgan fingerprint density at radius 3 is 2.38 bits per heavy atom. The average Bonchev–Trinajstić information content (AvgIpc) is 2.88. The molecule has 0 bridgehead atoms. The van der Waals surface area contributed by atoms with Crippen molar-refractivity contribution in [2.75, 3.05) is 25.5 Å². The van der Waals surface area contributed by atoms with E-state index in [-0.39, 0.29) is 24.1 Å². The molecule has 34 heavy (non-hydrogen) atoms. The van der Waals surface area contributed by atoms with Crippen LogP contribution in [0.3, 0.4) is 0 Å². The summed E-state index contributed by atoms with van der Waals surface area (Å²) in [6, 6.07) is 24.9. The molecule has 0 saturated carbocycles. The molecule has 178 valence electrons. The number of ketones is 1. The van der Waals surface area contributed by atoms with Crippen molar-refractivity contribution in [3.63, 3.8) is 0 Å². The summed E-state index contributed by atoms with van der Waals surface area (Å²) >= 11 is 0. The predicted molar refractivity (Wildman–Crippen MR) is 137 cm³/mol. The van der Waals surface area contributed by atoms with Crippen LogP contribution in [-0.4, -0.2) is 42.4 Å². The average molecular weight is 459 g/mol. The molecule has 1 aliphatic heterocycles. The highest BCUT2D eigenvalue weighted by molar-refractivity contribution is 5.93. The van der Waals surface area contributed by atoms with Crippen molar-refractivity contribution in [3.05, 3.63) is 78.4 Å². The number of methoxy groups -OCH3 is 1. The first-order valence-electron chi connectivity index (χ1n) is 12.1. The minimum Gasteiger partial charge on any atom is -0.469 e. The van der Waals surface area contributed by atoms with Gasteiger partial charge in [0.05, 0.1) is 12.6 Å². The lowest BCUT2D eigenvalue weighted by Crippen LogP contribution is -2.55. The molecule has 1 N–H and O–H groups in total. The zero-order chi connectivity index (χ0) is 24.0. The number of carbonyl (C=O) groups is 2. The number of likely N-dealkylation sites (tertiary alicyclic amines) is 1. The molecule has 5 heteroatoms. The van der Waals surface area contributed by atoms with E-state index >= 15 is 0 Å². The fourth-order valence-electron chi connectivity index (χ4n) is 5.03. The number of Topliss-reactive ketones (excluding diaryl/α,β-unsaturated/α-hetero) is 1. The highest BCUT2D eigenvalue weighted by atomic mass is 16.5. The van der Waals surface area contributed by atoms with Gasteiger partial charge in [-0.05, 0) is 47.7 Å². The van der Waals surface area contributed by atoms with Crippen LogP contribution < -0.4 is 5.32 Å². The zero-order valence-electron chi connectivity index (χ0n) is 20.1. The smallest absolute Gasteiger partial charge is 0.305 e. The molecule has 1 saturated heterocycles. The molecule has 0 aliphatic carbocycles. The predicted octanol–water partition coefficient (Wildman–Crippen LogP) is 5.44. The Morgan fingerprint density at radius 2 is 1.65 bits per heavy atom. The monoisotopic (exact) mass is 458 g/mol. The van der Waals surface area contributed by atoms with Crippen molar-refractivity contribution in [2.45, 2.75) is 44.7 Å². The van der Waals surface area contributed by atoms with Gasteiger partial charge in [-0.25, -0.2) is 0 Å². The Kier molecular flexibility index (Phi) is 7.63. The van der Waals surface area contributed by atoms with Crippen LogP contribution in [0.2, 0.25) is 0 Å². The van der Waals surface area contributed by atoms with Crippen molar-refractivity contribution in [1.29, 1.82) is 0 Å². The molecule has 0 spiro atoms. The van der Waals surface area contributed by atoms with Crippen LogP contribution in [0.1, 0.15) is 38.2 Å². The van der Waals surface area contributed by atoms with Gasteiger partial charge in [-0.15, -0.1) is 0 Å². The maximum absolute atomic E-state index is 13.7. The molecule has 0 amide bonds. The van der Waals surface area contributed by atoms with Crippen LogP contribution in [0.4, 0.5) is 5.69 Å². The van der Waals surface area contributed by atoms with Gasteiger partial charge in [0.1, 0.15) is 0 Å². The number of carbonyl (C=O) groups excluding carboxylic acids is 2. The van der Waals surface area contributed by atoms with Crippen LogP contribution in [0.25, 0.3) is 10.8 Å². The van der Waals surface area contributed by atoms with Crippen LogP contribution in [-0.2, 0) is 20.9 Å². The van der Waals surface area contributed by atoms with E-state index in [2.05, 4.69) is 52.7 Å². The first-order valence-corrected chi connectivity index (χ1v) is 12.1. The van der Waals surface area contributed by atoms with Crippen LogP contribution >= 0.6 is 0 Å². The summed E-state index contributed by atoms with van der Waals surface area (Å²) in [4.78, 5) is 27.8. The lowest BCUT2D eigenvalue weighted by atomic mass is 9.77. The third-order valence-corrected chi connectivity index (χ3v) is 7.07. The van der Waals surface area contributed by atoms with Crippen molar-refractivity contribution < 1.29 is 14.3 Å². The normalized spacial score (nSPS) is 16.6. The maximum atomic E-state index is 13.7.